The molecule has 2 heteroatoms. The van der Waals surface area contributed by atoms with Crippen LogP contribution in [0.4, 0.5) is 0 Å². The standard InChI is InChI=1S/C6H4Cl2/c7-5-1-2-6(8)4-3-5/h1-4H/i1+1,2+1,3+1,4+1,5+1,6+1. The first-order chi connectivity index (χ1) is 3.79. The second kappa shape index (κ2) is 2.38. The summed E-state index contributed by atoms with van der Waals surface area (Å²) in [6.07, 6.45) is 0. The molecule has 0 bridgehead atoms. The highest BCUT2D eigenvalue weighted by Crippen LogP contribution is 2.12. The predicted molar refractivity (Wildman–Crippen MR) is 36.5 cm³/mol. The van der Waals surface area contributed by atoms with E-state index in [0.717, 1.165) is 10.0 Å². The molecule has 42 valence electrons. The van der Waals surface area contributed by atoms with Crippen molar-refractivity contribution >= 4 is 23.2 Å². The zero-order valence-electron chi connectivity index (χ0n) is 4.07. The fraction of sp³-hybridized carbons (Fsp3) is 0. The van der Waals surface area contributed by atoms with E-state index < -0.39 is 0 Å². The normalized spacial score (nSPS) is 9.25. The molecule has 0 spiro atoms. The van der Waals surface area contributed by atoms with E-state index in [1.807, 2.05) is 0 Å². The van der Waals surface area contributed by atoms with Gasteiger partial charge in [0.1, 0.15) is 0 Å². The van der Waals surface area contributed by atoms with Crippen LogP contribution in [-0.4, -0.2) is 0 Å². The summed E-state index contributed by atoms with van der Waals surface area (Å²) in [4.78, 5) is 0. The van der Waals surface area contributed by atoms with Crippen molar-refractivity contribution in [2.45, 2.75) is 0 Å². The third kappa shape index (κ3) is 1.39. The lowest BCUT2D eigenvalue weighted by molar-refractivity contribution is 1.71. The van der Waals surface area contributed by atoms with Crippen LogP contribution in [0.3, 0.4) is 0 Å². The smallest absolute Gasteiger partial charge is 0.0407 e. The van der Waals surface area contributed by atoms with Gasteiger partial charge in [-0.15, -0.1) is 0 Å². The zero-order valence-corrected chi connectivity index (χ0v) is 5.58. The molecule has 0 aromatic heterocycles. The number of benzene rings is 1. The van der Waals surface area contributed by atoms with E-state index in [4.69, 9.17) is 23.2 Å². The number of rotatable bonds is 0. The molecule has 0 aliphatic carbocycles. The minimum atomic E-state index is 0.717. The van der Waals surface area contributed by atoms with Crippen molar-refractivity contribution < 1.29 is 0 Å². The summed E-state index contributed by atoms with van der Waals surface area (Å²) < 4.78 is 0. The molecular formula is C6H4Cl2. The van der Waals surface area contributed by atoms with Crippen LogP contribution in [0.2, 0.25) is 10.0 Å². The topological polar surface area (TPSA) is 0 Å². The lowest BCUT2D eigenvalue weighted by atomic mass is 11.4. The van der Waals surface area contributed by atoms with Crippen LogP contribution in [0, 0.1) is 0 Å². The summed E-state index contributed by atoms with van der Waals surface area (Å²) in [5.74, 6) is 0. The van der Waals surface area contributed by atoms with Gasteiger partial charge in [0.15, 0.2) is 0 Å². The highest BCUT2D eigenvalue weighted by Gasteiger charge is 1.83. The Bertz CT molecular complexity index is 145. The third-order valence-corrected chi connectivity index (χ3v) is 1.31. The first-order valence-electron chi connectivity index (χ1n) is 2.20. The molecule has 0 nitrogen and oxygen atoms in total. The lowest BCUT2D eigenvalue weighted by Crippen LogP contribution is -1.60. The first-order valence-corrected chi connectivity index (χ1v) is 2.96. The molecule has 0 saturated carbocycles. The fourth-order valence-corrected chi connectivity index (χ4v) is 0.682. The molecule has 0 amide bonds. The number of hydrogen-bond acceptors (Lipinski definition) is 0. The van der Waals surface area contributed by atoms with Crippen LogP contribution in [0.25, 0.3) is 0 Å². The number of halogens is 2. The minimum Gasteiger partial charge on any atom is -0.0843 e. The monoisotopic (exact) mass is 152 g/mol. The Morgan fingerprint density at radius 3 is 1.25 bits per heavy atom. The van der Waals surface area contributed by atoms with Gasteiger partial charge < -0.3 is 0 Å². The van der Waals surface area contributed by atoms with Gasteiger partial charge in [-0.25, -0.2) is 0 Å². The van der Waals surface area contributed by atoms with E-state index in [0.29, 0.717) is 0 Å². The molecule has 0 unspecified atom stereocenters. The van der Waals surface area contributed by atoms with Gasteiger partial charge in [0.2, 0.25) is 0 Å². The summed E-state index contributed by atoms with van der Waals surface area (Å²) >= 11 is 11.1. The Morgan fingerprint density at radius 1 is 0.750 bits per heavy atom. The largest absolute Gasteiger partial charge is 0.0843 e. The highest BCUT2D eigenvalue weighted by molar-refractivity contribution is 6.32. The average molecular weight is 153 g/mol. The average Bonchev–Trinajstić information content (AvgIpc) is 1.77. The summed E-state index contributed by atoms with van der Waals surface area (Å²) in [7, 11) is 0. The van der Waals surface area contributed by atoms with Crippen molar-refractivity contribution in [3.8, 4) is 0 Å². The second-order valence-electron chi connectivity index (χ2n) is 1.44. The van der Waals surface area contributed by atoms with E-state index in [9.17, 15) is 0 Å². The molecule has 0 saturated heterocycles. The quantitative estimate of drug-likeness (QED) is 0.537. The summed E-state index contributed by atoms with van der Waals surface area (Å²) in [5.41, 5.74) is 0. The molecule has 0 heterocycles. The molecule has 0 fully saturated rings. The fourth-order valence-electron chi connectivity index (χ4n) is 0.430. The molecule has 1 aromatic carbocycles. The van der Waals surface area contributed by atoms with Gasteiger partial charge in [-0.1, -0.05) is 23.2 Å². The maximum absolute atomic E-state index is 5.55. The number of hydrogen-bond donors (Lipinski definition) is 0. The Balaban J connectivity index is 3.03. The molecule has 0 aliphatic rings. The molecular weight excluding hydrogens is 149 g/mol. The molecule has 8 heavy (non-hydrogen) atoms. The maximum Gasteiger partial charge on any atom is 0.0407 e. The predicted octanol–water partition coefficient (Wildman–Crippen LogP) is 2.99. The van der Waals surface area contributed by atoms with Gasteiger partial charge in [-0.2, -0.15) is 0 Å². The maximum atomic E-state index is 5.55. The zero-order chi connectivity index (χ0) is 5.98. The Hall–Kier alpha value is -0.200. The van der Waals surface area contributed by atoms with E-state index >= 15 is 0 Å². The van der Waals surface area contributed by atoms with Gasteiger partial charge >= 0.3 is 0 Å². The summed E-state index contributed by atoms with van der Waals surface area (Å²) in [6, 6.07) is 7.02. The van der Waals surface area contributed by atoms with Gasteiger partial charge in [-0.05, 0) is 24.3 Å². The van der Waals surface area contributed by atoms with E-state index in [1.165, 1.54) is 0 Å². The van der Waals surface area contributed by atoms with Crippen LogP contribution in [0.1, 0.15) is 0 Å². The Labute approximate surface area is 58.0 Å². The van der Waals surface area contributed by atoms with Crippen molar-refractivity contribution in [3.05, 3.63) is 34.3 Å². The highest BCUT2D eigenvalue weighted by atomic mass is 35.5. The molecule has 0 atom stereocenters. The van der Waals surface area contributed by atoms with Crippen molar-refractivity contribution in [2.24, 2.45) is 0 Å². The van der Waals surface area contributed by atoms with Crippen LogP contribution in [0.5, 0.6) is 0 Å². The van der Waals surface area contributed by atoms with Gasteiger partial charge in [0.05, 0.1) is 0 Å². The lowest BCUT2D eigenvalue weighted by Gasteiger charge is -1.86. The van der Waals surface area contributed by atoms with Crippen molar-refractivity contribution in [1.82, 2.24) is 0 Å². The van der Waals surface area contributed by atoms with Crippen molar-refractivity contribution in [1.29, 1.82) is 0 Å². The molecule has 1 aromatic rings. The third-order valence-electron chi connectivity index (χ3n) is 0.804. The Kier molecular flexibility index (Phi) is 1.77. The molecule has 1 rings (SSSR count). The van der Waals surface area contributed by atoms with Gasteiger partial charge in [-0.3, -0.25) is 0 Å². The molecule has 0 N–H and O–H groups in total. The SMILES string of the molecule is Cl[13c]1[13cH][13cH][13c](Cl)[13cH][13cH]1. The van der Waals surface area contributed by atoms with Gasteiger partial charge in [0, 0.05) is 10.0 Å². The second-order valence-corrected chi connectivity index (χ2v) is 2.31. The van der Waals surface area contributed by atoms with Crippen molar-refractivity contribution in [3.63, 3.8) is 0 Å². The first kappa shape index (κ1) is 5.93. The molecule has 0 aliphatic heterocycles. The minimum absolute atomic E-state index is 0.717. The van der Waals surface area contributed by atoms with Crippen LogP contribution >= 0.6 is 23.2 Å². The Morgan fingerprint density at radius 2 is 1.00 bits per heavy atom. The van der Waals surface area contributed by atoms with Crippen molar-refractivity contribution in [2.75, 3.05) is 0 Å². The van der Waals surface area contributed by atoms with E-state index in [2.05, 4.69) is 0 Å². The summed E-state index contributed by atoms with van der Waals surface area (Å²) in [6.45, 7) is 0. The van der Waals surface area contributed by atoms with E-state index in [-0.39, 0.29) is 0 Å². The van der Waals surface area contributed by atoms with Crippen LogP contribution < -0.4 is 0 Å². The van der Waals surface area contributed by atoms with E-state index in [1.54, 1.807) is 24.3 Å². The molecule has 0 radical (unpaired) electrons. The van der Waals surface area contributed by atoms with Gasteiger partial charge in [0.25, 0.3) is 0 Å². The summed E-state index contributed by atoms with van der Waals surface area (Å²) in [5, 5.41) is 1.43. The van der Waals surface area contributed by atoms with Crippen LogP contribution in [-0.2, 0) is 0 Å². The van der Waals surface area contributed by atoms with Crippen LogP contribution in [0.15, 0.2) is 24.3 Å².